The second-order valence-corrected chi connectivity index (χ2v) is 9.38. The van der Waals surface area contributed by atoms with E-state index in [9.17, 15) is 8.42 Å². The second kappa shape index (κ2) is 13.7. The van der Waals surface area contributed by atoms with E-state index in [0.717, 1.165) is 19.6 Å². The van der Waals surface area contributed by atoms with Crippen molar-refractivity contribution in [3.8, 4) is 0 Å². The average Bonchev–Trinajstić information content (AvgIpc) is 3.10. The maximum Gasteiger partial charge on any atom is 0.250 e. The predicted molar refractivity (Wildman–Crippen MR) is 126 cm³/mol. The van der Waals surface area contributed by atoms with E-state index in [2.05, 4.69) is 52.9 Å². The minimum Gasteiger partial charge on any atom is -0.357 e. The van der Waals surface area contributed by atoms with E-state index >= 15 is 0 Å². The van der Waals surface area contributed by atoms with Gasteiger partial charge in [-0.15, -0.1) is 35.3 Å². The van der Waals surface area contributed by atoms with Crippen LogP contribution in [0.15, 0.2) is 26.7 Å². The normalized spacial score (nSPS) is 12.5. The molecule has 1 aromatic rings. The molecule has 0 bridgehead atoms. The van der Waals surface area contributed by atoms with Gasteiger partial charge in [0, 0.05) is 38.3 Å². The van der Waals surface area contributed by atoms with Crippen LogP contribution in [-0.4, -0.2) is 64.1 Å². The number of sulfonamides is 1. The average molecular weight is 532 g/mol. The molecule has 0 fully saturated rings. The fraction of sp³-hybridized carbons (Fsp3) is 0.706. The lowest BCUT2D eigenvalue weighted by Crippen LogP contribution is -2.45. The second-order valence-electron chi connectivity index (χ2n) is 6.44. The first-order valence-corrected chi connectivity index (χ1v) is 11.4. The van der Waals surface area contributed by atoms with Gasteiger partial charge in [-0.05, 0) is 46.1 Å². The Morgan fingerprint density at radius 1 is 1.19 bits per heavy atom. The Hall–Kier alpha value is -0.430. The van der Waals surface area contributed by atoms with Crippen LogP contribution < -0.4 is 15.4 Å². The maximum atomic E-state index is 12.1. The van der Waals surface area contributed by atoms with Gasteiger partial charge in [0.25, 0.3) is 0 Å². The van der Waals surface area contributed by atoms with Crippen molar-refractivity contribution in [2.24, 2.45) is 4.99 Å². The van der Waals surface area contributed by atoms with E-state index in [1.807, 2.05) is 6.92 Å². The van der Waals surface area contributed by atoms with Crippen LogP contribution >= 0.6 is 35.3 Å². The molecule has 7 nitrogen and oxygen atoms in total. The molecule has 1 heterocycles. The number of guanidine groups is 1. The highest BCUT2D eigenvalue weighted by molar-refractivity contribution is 14.0. The van der Waals surface area contributed by atoms with Crippen molar-refractivity contribution in [1.82, 2.24) is 20.3 Å². The zero-order valence-corrected chi connectivity index (χ0v) is 20.8. The number of nitrogens with one attached hydrogen (secondary N) is 3. The van der Waals surface area contributed by atoms with Crippen LogP contribution in [0.5, 0.6) is 0 Å². The zero-order valence-electron chi connectivity index (χ0n) is 16.9. The summed E-state index contributed by atoms with van der Waals surface area (Å²) < 4.78 is 27.0. The topological polar surface area (TPSA) is 85.8 Å². The van der Waals surface area contributed by atoms with Crippen molar-refractivity contribution < 1.29 is 8.42 Å². The van der Waals surface area contributed by atoms with E-state index in [4.69, 9.17) is 0 Å². The Balaban J connectivity index is 0.00000676. The Morgan fingerprint density at radius 3 is 2.37 bits per heavy atom. The number of aliphatic imine (C=N–C) groups is 1. The number of hydrogen-bond donors (Lipinski definition) is 3. The molecule has 0 saturated heterocycles. The van der Waals surface area contributed by atoms with Crippen LogP contribution in [0.25, 0.3) is 0 Å². The van der Waals surface area contributed by atoms with Gasteiger partial charge >= 0.3 is 0 Å². The lowest BCUT2D eigenvalue weighted by Gasteiger charge is -2.30. The largest absolute Gasteiger partial charge is 0.357 e. The van der Waals surface area contributed by atoms with Gasteiger partial charge in [0.15, 0.2) is 5.96 Å². The highest BCUT2D eigenvalue weighted by Crippen LogP contribution is 2.14. The molecule has 0 aliphatic heterocycles. The standard InChI is InChI=1S/C17H33N5O2S2.HI/c1-6-18-17(20-11-12-22(14(2)3)15(4)5)19-9-10-21-26(23,24)16-8-7-13-25-16;/h7-8,13-15,21H,6,9-12H2,1-5H3,(H2,18,19,20);1H. The Kier molecular flexibility index (Phi) is 13.5. The maximum absolute atomic E-state index is 12.1. The van der Waals surface area contributed by atoms with Crippen molar-refractivity contribution in [1.29, 1.82) is 0 Å². The van der Waals surface area contributed by atoms with Gasteiger partial charge in [-0.25, -0.2) is 13.1 Å². The van der Waals surface area contributed by atoms with Crippen LogP contribution in [0.1, 0.15) is 34.6 Å². The third kappa shape index (κ3) is 10.1. The highest BCUT2D eigenvalue weighted by atomic mass is 127. The van der Waals surface area contributed by atoms with Crippen LogP contribution in [0, 0.1) is 0 Å². The fourth-order valence-corrected chi connectivity index (χ4v) is 4.65. The molecule has 1 aromatic heterocycles. The summed E-state index contributed by atoms with van der Waals surface area (Å²) in [7, 11) is -3.42. The first kappa shape index (κ1) is 26.6. The lowest BCUT2D eigenvalue weighted by atomic mass is 10.2. The summed E-state index contributed by atoms with van der Waals surface area (Å²) in [6.45, 7) is 13.9. The molecular weight excluding hydrogens is 497 g/mol. The van der Waals surface area contributed by atoms with Crippen molar-refractivity contribution in [3.05, 3.63) is 17.5 Å². The van der Waals surface area contributed by atoms with Crippen molar-refractivity contribution in [2.45, 2.75) is 50.9 Å². The summed E-state index contributed by atoms with van der Waals surface area (Å²) in [6.07, 6.45) is 0. The molecule has 0 aliphatic carbocycles. The number of halogens is 1. The van der Waals surface area contributed by atoms with Gasteiger partial charge in [-0.1, -0.05) is 6.07 Å². The van der Waals surface area contributed by atoms with Crippen molar-refractivity contribution in [3.63, 3.8) is 0 Å². The van der Waals surface area contributed by atoms with Gasteiger partial charge in [-0.3, -0.25) is 9.89 Å². The predicted octanol–water partition coefficient (Wildman–Crippen LogP) is 2.32. The van der Waals surface area contributed by atoms with Gasteiger partial charge in [-0.2, -0.15) is 0 Å². The van der Waals surface area contributed by atoms with Crippen LogP contribution in [0.2, 0.25) is 0 Å². The molecule has 0 aliphatic rings. The number of rotatable bonds is 11. The number of hydrogen-bond acceptors (Lipinski definition) is 5. The summed E-state index contributed by atoms with van der Waals surface area (Å²) in [4.78, 5) is 6.85. The molecule has 0 spiro atoms. The Morgan fingerprint density at radius 2 is 1.85 bits per heavy atom. The van der Waals surface area contributed by atoms with E-state index in [1.54, 1.807) is 17.5 Å². The highest BCUT2D eigenvalue weighted by Gasteiger charge is 2.14. The number of nitrogens with zero attached hydrogens (tertiary/aromatic N) is 2. The molecule has 0 aromatic carbocycles. The van der Waals surface area contributed by atoms with Crippen LogP contribution in [-0.2, 0) is 10.0 Å². The molecule has 0 amide bonds. The molecule has 0 saturated carbocycles. The molecular formula is C17H34IN5O2S2. The zero-order chi connectivity index (χ0) is 19.6. The van der Waals surface area contributed by atoms with Gasteiger partial charge in [0.2, 0.25) is 10.0 Å². The van der Waals surface area contributed by atoms with Gasteiger partial charge < -0.3 is 10.6 Å². The Labute approximate surface area is 185 Å². The Bertz CT molecular complexity index is 626. The molecule has 1 rings (SSSR count). The van der Waals surface area contributed by atoms with Crippen LogP contribution in [0.4, 0.5) is 0 Å². The summed E-state index contributed by atoms with van der Waals surface area (Å²) in [6, 6.07) is 4.30. The molecule has 3 N–H and O–H groups in total. The van der Waals surface area contributed by atoms with Crippen LogP contribution in [0.3, 0.4) is 0 Å². The van der Waals surface area contributed by atoms with E-state index in [0.29, 0.717) is 28.8 Å². The third-order valence-corrected chi connectivity index (χ3v) is 6.63. The lowest BCUT2D eigenvalue weighted by molar-refractivity contribution is 0.178. The molecule has 0 atom stereocenters. The van der Waals surface area contributed by atoms with Crippen molar-refractivity contribution in [2.75, 3.05) is 32.7 Å². The fourth-order valence-electron chi connectivity index (χ4n) is 2.59. The van der Waals surface area contributed by atoms with E-state index < -0.39 is 10.0 Å². The molecule has 158 valence electrons. The van der Waals surface area contributed by atoms with Gasteiger partial charge in [0.05, 0.1) is 6.54 Å². The molecule has 27 heavy (non-hydrogen) atoms. The smallest absolute Gasteiger partial charge is 0.250 e. The SMILES string of the molecule is CCNC(=NCCNS(=O)(=O)c1cccs1)NCCN(C(C)C)C(C)C.I. The van der Waals surface area contributed by atoms with E-state index in [-0.39, 0.29) is 30.5 Å². The molecule has 0 unspecified atom stereocenters. The summed E-state index contributed by atoms with van der Waals surface area (Å²) in [5, 5.41) is 8.24. The summed E-state index contributed by atoms with van der Waals surface area (Å²) in [5.74, 6) is 0.704. The monoisotopic (exact) mass is 531 g/mol. The quantitative estimate of drug-likeness (QED) is 0.177. The third-order valence-electron chi connectivity index (χ3n) is 3.77. The summed E-state index contributed by atoms with van der Waals surface area (Å²) in [5.41, 5.74) is 0. The minimum atomic E-state index is -3.42. The number of thiophene rings is 1. The van der Waals surface area contributed by atoms with Gasteiger partial charge in [0.1, 0.15) is 4.21 Å². The molecule has 0 radical (unpaired) electrons. The van der Waals surface area contributed by atoms with Crippen molar-refractivity contribution >= 4 is 51.3 Å². The molecule has 10 heteroatoms. The minimum absolute atomic E-state index is 0. The summed E-state index contributed by atoms with van der Waals surface area (Å²) >= 11 is 1.20. The first-order valence-electron chi connectivity index (χ1n) is 9.09. The van der Waals surface area contributed by atoms with E-state index in [1.165, 1.54) is 11.3 Å². The first-order chi connectivity index (χ1) is 12.3.